The first-order valence-electron chi connectivity index (χ1n) is 8.85. The molecule has 23 heavy (non-hydrogen) atoms. The van der Waals surface area contributed by atoms with E-state index in [1.54, 1.807) is 6.08 Å². The summed E-state index contributed by atoms with van der Waals surface area (Å²) >= 11 is 0. The average molecular weight is 318 g/mol. The van der Waals surface area contributed by atoms with Crippen molar-refractivity contribution >= 4 is 12.0 Å². The summed E-state index contributed by atoms with van der Waals surface area (Å²) in [7, 11) is 0. The smallest absolute Gasteiger partial charge is 0.244 e. The van der Waals surface area contributed by atoms with Gasteiger partial charge in [-0.05, 0) is 51.3 Å². The minimum atomic E-state index is -0.0628. The van der Waals surface area contributed by atoms with E-state index in [0.29, 0.717) is 25.8 Å². The van der Waals surface area contributed by atoms with Crippen molar-refractivity contribution in [2.75, 3.05) is 19.8 Å². The minimum absolute atomic E-state index is 0.0628. The van der Waals surface area contributed by atoms with Crippen molar-refractivity contribution in [1.82, 2.24) is 9.88 Å². The Hall–Kier alpha value is -1.55. The third-order valence-electron chi connectivity index (χ3n) is 4.63. The third kappa shape index (κ3) is 4.96. The lowest BCUT2D eigenvalue weighted by molar-refractivity contribution is -0.116. The van der Waals surface area contributed by atoms with E-state index in [-0.39, 0.29) is 5.91 Å². The molecule has 0 unspecified atom stereocenters. The van der Waals surface area contributed by atoms with Crippen LogP contribution in [-0.4, -0.2) is 30.2 Å². The first-order chi connectivity index (χ1) is 11.1. The van der Waals surface area contributed by atoms with Crippen LogP contribution in [0.4, 0.5) is 0 Å². The van der Waals surface area contributed by atoms with Crippen molar-refractivity contribution in [2.24, 2.45) is 0 Å². The van der Waals surface area contributed by atoms with E-state index in [1.165, 1.54) is 43.5 Å². The highest BCUT2D eigenvalue weighted by Gasteiger charge is 2.19. The molecule has 0 aromatic carbocycles. The summed E-state index contributed by atoms with van der Waals surface area (Å²) in [6, 6.07) is 2.82. The summed E-state index contributed by atoms with van der Waals surface area (Å²) < 4.78 is 7.67. The van der Waals surface area contributed by atoms with E-state index in [1.807, 2.05) is 13.0 Å². The summed E-state index contributed by atoms with van der Waals surface area (Å²) in [5.41, 5.74) is 3.71. The Morgan fingerprint density at radius 3 is 2.78 bits per heavy atom. The van der Waals surface area contributed by atoms with Gasteiger partial charge in [-0.25, -0.2) is 0 Å². The number of carbonyl (C=O) groups is 1. The highest BCUT2D eigenvalue weighted by atomic mass is 16.5. The van der Waals surface area contributed by atoms with Gasteiger partial charge in [0.05, 0.1) is 6.61 Å². The van der Waals surface area contributed by atoms with Crippen LogP contribution < -0.4 is 5.32 Å². The second-order valence-electron chi connectivity index (χ2n) is 6.31. The molecule has 0 saturated heterocycles. The highest BCUT2D eigenvalue weighted by molar-refractivity contribution is 5.91. The molecule has 4 heteroatoms. The van der Waals surface area contributed by atoms with Gasteiger partial charge in [0.1, 0.15) is 0 Å². The van der Waals surface area contributed by atoms with Gasteiger partial charge < -0.3 is 14.6 Å². The molecule has 1 aromatic heterocycles. The fourth-order valence-electron chi connectivity index (χ4n) is 3.49. The van der Waals surface area contributed by atoms with Crippen molar-refractivity contribution < 1.29 is 9.53 Å². The van der Waals surface area contributed by atoms with Crippen LogP contribution in [0.2, 0.25) is 0 Å². The fourth-order valence-corrected chi connectivity index (χ4v) is 3.49. The number of hydrogen-bond donors (Lipinski definition) is 1. The van der Waals surface area contributed by atoms with E-state index >= 15 is 0 Å². The standard InChI is InChI=1S/C19H30N2O2/c1-4-23-13-12-20-19(22)11-10-17-14-15(2)21(16(17)3)18-8-6-5-7-9-18/h10-11,14,18H,4-9,12-13H2,1-3H3,(H,20,22)/b11-10+. The number of aryl methyl sites for hydroxylation is 1. The zero-order chi connectivity index (χ0) is 16.7. The van der Waals surface area contributed by atoms with E-state index < -0.39 is 0 Å². The van der Waals surface area contributed by atoms with Gasteiger partial charge in [0, 0.05) is 36.7 Å². The molecule has 128 valence electrons. The van der Waals surface area contributed by atoms with Gasteiger partial charge in [0.25, 0.3) is 0 Å². The molecule has 0 bridgehead atoms. The van der Waals surface area contributed by atoms with Gasteiger partial charge in [-0.1, -0.05) is 19.3 Å². The molecular formula is C19H30N2O2. The maximum absolute atomic E-state index is 11.8. The van der Waals surface area contributed by atoms with Crippen LogP contribution >= 0.6 is 0 Å². The predicted molar refractivity (Wildman–Crippen MR) is 94.6 cm³/mol. The SMILES string of the molecule is CCOCCNC(=O)/C=C/c1cc(C)n(C2CCCCC2)c1C. The van der Waals surface area contributed by atoms with Gasteiger partial charge in [0.15, 0.2) is 0 Å². The highest BCUT2D eigenvalue weighted by Crippen LogP contribution is 2.32. The molecule has 1 heterocycles. The number of rotatable bonds is 7. The molecule has 1 saturated carbocycles. The topological polar surface area (TPSA) is 43.3 Å². The van der Waals surface area contributed by atoms with Gasteiger partial charge >= 0.3 is 0 Å². The second-order valence-corrected chi connectivity index (χ2v) is 6.31. The van der Waals surface area contributed by atoms with Crippen molar-refractivity contribution in [3.63, 3.8) is 0 Å². The Balaban J connectivity index is 1.97. The van der Waals surface area contributed by atoms with E-state index in [0.717, 1.165) is 5.56 Å². The number of amides is 1. The first kappa shape index (κ1) is 17.8. The number of ether oxygens (including phenoxy) is 1. The van der Waals surface area contributed by atoms with Crippen LogP contribution in [0.1, 0.15) is 62.0 Å². The molecule has 1 aromatic rings. The molecule has 0 aliphatic heterocycles. The molecule has 4 nitrogen and oxygen atoms in total. The van der Waals surface area contributed by atoms with Crippen LogP contribution in [0, 0.1) is 13.8 Å². The number of nitrogens with zero attached hydrogens (tertiary/aromatic N) is 1. The summed E-state index contributed by atoms with van der Waals surface area (Å²) in [5.74, 6) is -0.0628. The normalized spacial score (nSPS) is 16.1. The van der Waals surface area contributed by atoms with Gasteiger partial charge in [-0.15, -0.1) is 0 Å². The number of carbonyl (C=O) groups excluding carboxylic acids is 1. The number of nitrogens with one attached hydrogen (secondary N) is 1. The minimum Gasteiger partial charge on any atom is -0.380 e. The summed E-state index contributed by atoms with van der Waals surface area (Å²) in [6.07, 6.45) is 10.1. The molecule has 1 aliphatic carbocycles. The Kier molecular flexibility index (Phi) is 6.90. The second kappa shape index (κ2) is 8.92. The van der Waals surface area contributed by atoms with Crippen molar-refractivity contribution in [3.05, 3.63) is 29.1 Å². The number of aromatic nitrogens is 1. The molecular weight excluding hydrogens is 288 g/mol. The van der Waals surface area contributed by atoms with Gasteiger partial charge in [-0.2, -0.15) is 0 Å². The molecule has 1 aliphatic rings. The molecule has 0 radical (unpaired) electrons. The molecule has 0 spiro atoms. The molecule has 1 N–H and O–H groups in total. The Bertz CT molecular complexity index is 540. The van der Waals surface area contributed by atoms with Crippen LogP contribution in [0.15, 0.2) is 12.1 Å². The molecule has 1 fully saturated rings. The predicted octanol–water partition coefficient (Wildman–Crippen LogP) is 3.78. The van der Waals surface area contributed by atoms with E-state index in [9.17, 15) is 4.79 Å². The van der Waals surface area contributed by atoms with Crippen LogP contribution in [0.5, 0.6) is 0 Å². The lowest BCUT2D eigenvalue weighted by Gasteiger charge is -2.26. The maximum Gasteiger partial charge on any atom is 0.244 e. The largest absolute Gasteiger partial charge is 0.380 e. The van der Waals surface area contributed by atoms with Crippen molar-refractivity contribution in [1.29, 1.82) is 0 Å². The summed E-state index contributed by atoms with van der Waals surface area (Å²) in [5, 5.41) is 2.83. The quantitative estimate of drug-likeness (QED) is 0.614. The van der Waals surface area contributed by atoms with Crippen LogP contribution in [-0.2, 0) is 9.53 Å². The first-order valence-corrected chi connectivity index (χ1v) is 8.85. The lowest BCUT2D eigenvalue weighted by Crippen LogP contribution is -2.25. The van der Waals surface area contributed by atoms with Crippen LogP contribution in [0.3, 0.4) is 0 Å². The van der Waals surface area contributed by atoms with E-state index in [2.05, 4.69) is 29.8 Å². The Labute approximate surface area is 139 Å². The monoisotopic (exact) mass is 318 g/mol. The fraction of sp³-hybridized carbons (Fsp3) is 0.632. The average Bonchev–Trinajstić information content (AvgIpc) is 2.84. The molecule has 2 rings (SSSR count). The molecule has 0 atom stereocenters. The summed E-state index contributed by atoms with van der Waals surface area (Å²) in [6.45, 7) is 8.07. The Morgan fingerprint density at radius 1 is 1.35 bits per heavy atom. The maximum atomic E-state index is 11.8. The van der Waals surface area contributed by atoms with Gasteiger partial charge in [0.2, 0.25) is 5.91 Å². The van der Waals surface area contributed by atoms with Crippen molar-refractivity contribution in [3.8, 4) is 0 Å². The van der Waals surface area contributed by atoms with Crippen molar-refractivity contribution in [2.45, 2.75) is 58.9 Å². The molecule has 1 amide bonds. The zero-order valence-corrected chi connectivity index (χ0v) is 14.7. The summed E-state index contributed by atoms with van der Waals surface area (Å²) in [4.78, 5) is 11.8. The zero-order valence-electron chi connectivity index (χ0n) is 14.7. The lowest BCUT2D eigenvalue weighted by atomic mass is 9.95. The number of hydrogen-bond acceptors (Lipinski definition) is 2. The van der Waals surface area contributed by atoms with Gasteiger partial charge in [-0.3, -0.25) is 4.79 Å². The Morgan fingerprint density at radius 2 is 2.09 bits per heavy atom. The van der Waals surface area contributed by atoms with Crippen LogP contribution in [0.25, 0.3) is 6.08 Å². The van der Waals surface area contributed by atoms with E-state index in [4.69, 9.17) is 4.74 Å². The third-order valence-corrected chi connectivity index (χ3v) is 4.63.